The Morgan fingerprint density at radius 3 is 2.45 bits per heavy atom. The van der Waals surface area contributed by atoms with Crippen molar-refractivity contribution in [3.63, 3.8) is 0 Å². The van der Waals surface area contributed by atoms with Gasteiger partial charge in [-0.2, -0.15) is 0 Å². The number of hydrogen-bond donors (Lipinski definition) is 1. The second-order valence-electron chi connectivity index (χ2n) is 5.65. The molecule has 1 N–H and O–H groups in total. The molecule has 1 heterocycles. The molecular weight excluding hydrogens is 296 g/mol. The number of carbonyl (C=O) groups excluding carboxylic acids is 1. The second-order valence-corrected chi connectivity index (χ2v) is 6.09. The SMILES string of the molecule is Cc1ccc(Cl)cc1NC(=O)c1ccc(N2CCCC2)cc1. The Hall–Kier alpha value is -2.00. The average molecular weight is 315 g/mol. The fourth-order valence-corrected chi connectivity index (χ4v) is 2.89. The zero-order valence-electron chi connectivity index (χ0n) is 12.6. The maximum absolute atomic E-state index is 12.3. The van der Waals surface area contributed by atoms with Crippen molar-refractivity contribution in [3.05, 3.63) is 58.6 Å². The Labute approximate surface area is 135 Å². The van der Waals surface area contributed by atoms with Crippen LogP contribution in [0.15, 0.2) is 42.5 Å². The minimum Gasteiger partial charge on any atom is -0.372 e. The highest BCUT2D eigenvalue weighted by Crippen LogP contribution is 2.23. The summed E-state index contributed by atoms with van der Waals surface area (Å²) in [5.41, 5.74) is 3.59. The third kappa shape index (κ3) is 3.25. The summed E-state index contributed by atoms with van der Waals surface area (Å²) >= 11 is 5.98. The molecule has 0 aromatic heterocycles. The molecule has 0 bridgehead atoms. The highest BCUT2D eigenvalue weighted by atomic mass is 35.5. The van der Waals surface area contributed by atoms with Gasteiger partial charge >= 0.3 is 0 Å². The van der Waals surface area contributed by atoms with E-state index in [0.717, 1.165) is 24.3 Å². The van der Waals surface area contributed by atoms with Gasteiger partial charge in [-0.05, 0) is 61.7 Å². The zero-order valence-corrected chi connectivity index (χ0v) is 13.4. The normalized spacial score (nSPS) is 14.2. The van der Waals surface area contributed by atoms with Crippen LogP contribution in [-0.2, 0) is 0 Å². The third-order valence-electron chi connectivity index (χ3n) is 4.05. The summed E-state index contributed by atoms with van der Waals surface area (Å²) in [4.78, 5) is 14.7. The Kier molecular flexibility index (Phi) is 4.34. The van der Waals surface area contributed by atoms with Crippen LogP contribution in [0.25, 0.3) is 0 Å². The van der Waals surface area contributed by atoms with E-state index in [-0.39, 0.29) is 5.91 Å². The maximum Gasteiger partial charge on any atom is 0.255 e. The molecule has 2 aromatic carbocycles. The van der Waals surface area contributed by atoms with Gasteiger partial charge in [0.1, 0.15) is 0 Å². The van der Waals surface area contributed by atoms with Gasteiger partial charge in [-0.15, -0.1) is 0 Å². The van der Waals surface area contributed by atoms with Gasteiger partial charge in [-0.3, -0.25) is 4.79 Å². The number of nitrogens with one attached hydrogen (secondary N) is 1. The van der Waals surface area contributed by atoms with E-state index in [4.69, 9.17) is 11.6 Å². The van der Waals surface area contributed by atoms with Crippen LogP contribution in [0.4, 0.5) is 11.4 Å². The minimum atomic E-state index is -0.113. The molecule has 0 aliphatic carbocycles. The van der Waals surface area contributed by atoms with E-state index in [1.165, 1.54) is 18.5 Å². The van der Waals surface area contributed by atoms with Crippen molar-refractivity contribution in [2.75, 3.05) is 23.3 Å². The lowest BCUT2D eigenvalue weighted by molar-refractivity contribution is 0.102. The molecule has 3 rings (SSSR count). The molecule has 22 heavy (non-hydrogen) atoms. The van der Waals surface area contributed by atoms with Gasteiger partial charge < -0.3 is 10.2 Å². The average Bonchev–Trinajstić information content (AvgIpc) is 3.05. The van der Waals surface area contributed by atoms with Gasteiger partial charge in [-0.1, -0.05) is 17.7 Å². The number of aryl methyl sites for hydroxylation is 1. The predicted molar refractivity (Wildman–Crippen MR) is 92.0 cm³/mol. The number of carbonyl (C=O) groups is 1. The second kappa shape index (κ2) is 6.41. The predicted octanol–water partition coefficient (Wildman–Crippen LogP) is 4.50. The van der Waals surface area contributed by atoms with Gasteiger partial charge in [-0.25, -0.2) is 0 Å². The number of nitrogens with zero attached hydrogens (tertiary/aromatic N) is 1. The van der Waals surface area contributed by atoms with Gasteiger partial charge in [0.15, 0.2) is 0 Å². The Morgan fingerprint density at radius 1 is 1.09 bits per heavy atom. The van der Waals surface area contributed by atoms with Crippen molar-refractivity contribution < 1.29 is 4.79 Å². The summed E-state index contributed by atoms with van der Waals surface area (Å²) in [6.07, 6.45) is 2.49. The van der Waals surface area contributed by atoms with Gasteiger partial charge in [0.2, 0.25) is 0 Å². The van der Waals surface area contributed by atoms with E-state index in [1.54, 1.807) is 6.07 Å². The van der Waals surface area contributed by atoms with Crippen molar-refractivity contribution in [3.8, 4) is 0 Å². The molecule has 0 spiro atoms. The van der Waals surface area contributed by atoms with E-state index in [0.29, 0.717) is 10.6 Å². The van der Waals surface area contributed by atoms with Crippen LogP contribution in [0.3, 0.4) is 0 Å². The Balaban J connectivity index is 1.73. The van der Waals surface area contributed by atoms with Crippen LogP contribution in [0.2, 0.25) is 5.02 Å². The van der Waals surface area contributed by atoms with Gasteiger partial charge in [0.05, 0.1) is 0 Å². The molecule has 1 fully saturated rings. The number of rotatable bonds is 3. The summed E-state index contributed by atoms with van der Waals surface area (Å²) in [6.45, 7) is 4.16. The fraction of sp³-hybridized carbons (Fsp3) is 0.278. The monoisotopic (exact) mass is 314 g/mol. The highest BCUT2D eigenvalue weighted by Gasteiger charge is 2.13. The first-order valence-corrected chi connectivity index (χ1v) is 7.94. The van der Waals surface area contributed by atoms with Crippen molar-refractivity contribution in [1.82, 2.24) is 0 Å². The van der Waals surface area contributed by atoms with Crippen LogP contribution in [0.5, 0.6) is 0 Å². The Morgan fingerprint density at radius 2 is 1.77 bits per heavy atom. The van der Waals surface area contributed by atoms with Crippen molar-refractivity contribution >= 4 is 28.9 Å². The van der Waals surface area contributed by atoms with E-state index < -0.39 is 0 Å². The molecule has 0 saturated carbocycles. The molecule has 114 valence electrons. The molecule has 0 radical (unpaired) electrons. The molecule has 3 nitrogen and oxygen atoms in total. The summed E-state index contributed by atoms with van der Waals surface area (Å²) in [5.74, 6) is -0.113. The lowest BCUT2D eigenvalue weighted by Crippen LogP contribution is -2.18. The van der Waals surface area contributed by atoms with Crippen molar-refractivity contribution in [1.29, 1.82) is 0 Å². The standard InChI is InChI=1S/C18H19ClN2O/c1-13-4-7-15(19)12-17(13)20-18(22)14-5-8-16(9-6-14)21-10-2-3-11-21/h4-9,12H,2-3,10-11H2,1H3,(H,20,22). The summed E-state index contributed by atoms with van der Waals surface area (Å²) in [5, 5.41) is 3.54. The molecule has 0 atom stereocenters. The molecular formula is C18H19ClN2O. The molecule has 1 saturated heterocycles. The van der Waals surface area contributed by atoms with E-state index in [9.17, 15) is 4.79 Å². The topological polar surface area (TPSA) is 32.3 Å². The first-order valence-electron chi connectivity index (χ1n) is 7.56. The van der Waals surface area contributed by atoms with Crippen LogP contribution in [0.1, 0.15) is 28.8 Å². The molecule has 1 aliphatic heterocycles. The number of benzene rings is 2. The van der Waals surface area contributed by atoms with E-state index in [2.05, 4.69) is 10.2 Å². The quantitative estimate of drug-likeness (QED) is 0.904. The van der Waals surface area contributed by atoms with E-state index in [1.807, 2.05) is 43.3 Å². The largest absolute Gasteiger partial charge is 0.372 e. The van der Waals surface area contributed by atoms with Crippen molar-refractivity contribution in [2.24, 2.45) is 0 Å². The van der Waals surface area contributed by atoms with Gasteiger partial charge in [0.25, 0.3) is 5.91 Å². The zero-order chi connectivity index (χ0) is 15.5. The summed E-state index contributed by atoms with van der Waals surface area (Å²) in [6, 6.07) is 13.3. The first kappa shape index (κ1) is 14.9. The lowest BCUT2D eigenvalue weighted by Gasteiger charge is -2.17. The molecule has 2 aromatic rings. The fourth-order valence-electron chi connectivity index (χ4n) is 2.72. The van der Waals surface area contributed by atoms with Crippen LogP contribution < -0.4 is 10.2 Å². The van der Waals surface area contributed by atoms with Gasteiger partial charge in [0, 0.05) is 35.1 Å². The minimum absolute atomic E-state index is 0.113. The number of amides is 1. The summed E-state index contributed by atoms with van der Waals surface area (Å²) in [7, 11) is 0. The van der Waals surface area contributed by atoms with E-state index >= 15 is 0 Å². The van der Waals surface area contributed by atoms with Crippen LogP contribution in [-0.4, -0.2) is 19.0 Å². The Bertz CT molecular complexity index is 676. The summed E-state index contributed by atoms with van der Waals surface area (Å²) < 4.78 is 0. The molecule has 1 aliphatic rings. The lowest BCUT2D eigenvalue weighted by atomic mass is 10.1. The van der Waals surface area contributed by atoms with Crippen LogP contribution in [0, 0.1) is 6.92 Å². The first-order chi connectivity index (χ1) is 10.6. The highest BCUT2D eigenvalue weighted by molar-refractivity contribution is 6.31. The maximum atomic E-state index is 12.3. The number of hydrogen-bond acceptors (Lipinski definition) is 2. The van der Waals surface area contributed by atoms with Crippen LogP contribution >= 0.6 is 11.6 Å². The molecule has 1 amide bonds. The number of halogens is 1. The van der Waals surface area contributed by atoms with Crippen molar-refractivity contribution in [2.45, 2.75) is 19.8 Å². The molecule has 0 unspecified atom stereocenters. The number of anilines is 2. The molecule has 4 heteroatoms. The third-order valence-corrected chi connectivity index (χ3v) is 4.28. The smallest absolute Gasteiger partial charge is 0.255 e.